The van der Waals surface area contributed by atoms with Crippen molar-refractivity contribution in [2.45, 2.75) is 38.3 Å². The second-order valence-corrected chi connectivity index (χ2v) is 6.22. The highest BCUT2D eigenvalue weighted by Gasteiger charge is 2.27. The average Bonchev–Trinajstić information content (AvgIpc) is 2.62. The summed E-state index contributed by atoms with van der Waals surface area (Å²) in [6.07, 6.45) is 2.69. The predicted octanol–water partition coefficient (Wildman–Crippen LogP) is 1.97. The van der Waals surface area contributed by atoms with Crippen LogP contribution < -0.4 is 16.4 Å². The first-order valence-electron chi connectivity index (χ1n) is 8.83. The van der Waals surface area contributed by atoms with Crippen molar-refractivity contribution in [3.63, 3.8) is 0 Å². The van der Waals surface area contributed by atoms with Gasteiger partial charge in [0.2, 0.25) is 5.91 Å². The molecule has 2 rings (SSSR count). The molecule has 1 unspecified atom stereocenters. The van der Waals surface area contributed by atoms with Gasteiger partial charge < -0.3 is 26.0 Å². The minimum atomic E-state index is -0.571. The molecule has 0 bridgehead atoms. The molecule has 7 nitrogen and oxygen atoms in total. The van der Waals surface area contributed by atoms with Gasteiger partial charge in [0.05, 0.1) is 6.10 Å². The lowest BCUT2D eigenvalue weighted by Gasteiger charge is -2.33. The normalized spacial score (nSPS) is 15.7. The van der Waals surface area contributed by atoms with Crippen LogP contribution in [-0.4, -0.2) is 55.2 Å². The Hall–Kier alpha value is -1.83. The Kier molecular flexibility index (Phi) is 10.0. The summed E-state index contributed by atoms with van der Waals surface area (Å²) < 4.78 is 5.75. The Bertz CT molecular complexity index is 551. The number of piperidine rings is 1. The first-order chi connectivity index (χ1) is 12.1. The van der Waals surface area contributed by atoms with Crippen molar-refractivity contribution in [1.82, 2.24) is 10.2 Å². The molecule has 1 aliphatic rings. The van der Waals surface area contributed by atoms with Crippen molar-refractivity contribution in [3.8, 4) is 0 Å². The van der Waals surface area contributed by atoms with E-state index in [-0.39, 0.29) is 30.4 Å². The molecule has 1 aliphatic heterocycles. The zero-order chi connectivity index (χ0) is 18.1. The van der Waals surface area contributed by atoms with E-state index < -0.39 is 6.04 Å². The zero-order valence-electron chi connectivity index (χ0n) is 15.1. The molecule has 0 aliphatic carbocycles. The van der Waals surface area contributed by atoms with Crippen molar-refractivity contribution >= 4 is 30.0 Å². The molecule has 0 spiro atoms. The summed E-state index contributed by atoms with van der Waals surface area (Å²) in [5, 5.41) is 5.41. The number of carbonyl (C=O) groups is 2. The minimum absolute atomic E-state index is 0. The number of anilines is 1. The number of amides is 3. The Labute approximate surface area is 161 Å². The molecule has 1 fully saturated rings. The molecule has 4 N–H and O–H groups in total. The highest BCUT2D eigenvalue weighted by molar-refractivity contribution is 5.93. The fourth-order valence-corrected chi connectivity index (χ4v) is 2.80. The van der Waals surface area contributed by atoms with Gasteiger partial charge in [0.25, 0.3) is 0 Å². The fourth-order valence-electron chi connectivity index (χ4n) is 2.80. The highest BCUT2D eigenvalue weighted by Crippen LogP contribution is 2.15. The molecule has 26 heavy (non-hydrogen) atoms. The van der Waals surface area contributed by atoms with E-state index in [1.165, 1.54) is 0 Å². The lowest BCUT2D eigenvalue weighted by Crippen LogP contribution is -2.51. The monoisotopic (exact) mass is 384 g/mol. The number of likely N-dealkylation sites (tertiary alicyclic amines) is 1. The van der Waals surface area contributed by atoms with Gasteiger partial charge in [0, 0.05) is 25.4 Å². The molecule has 1 saturated heterocycles. The summed E-state index contributed by atoms with van der Waals surface area (Å²) in [4.78, 5) is 26.3. The van der Waals surface area contributed by atoms with Gasteiger partial charge in [0.1, 0.15) is 6.04 Å². The number of benzene rings is 1. The van der Waals surface area contributed by atoms with Crippen LogP contribution in [0.3, 0.4) is 0 Å². The van der Waals surface area contributed by atoms with Crippen LogP contribution in [-0.2, 0) is 9.53 Å². The average molecular weight is 385 g/mol. The third-order valence-electron chi connectivity index (χ3n) is 4.21. The Morgan fingerprint density at radius 2 is 1.92 bits per heavy atom. The number of hydrogen-bond acceptors (Lipinski definition) is 4. The Morgan fingerprint density at radius 3 is 2.54 bits per heavy atom. The van der Waals surface area contributed by atoms with Gasteiger partial charge in [-0.25, -0.2) is 4.79 Å². The van der Waals surface area contributed by atoms with Crippen LogP contribution in [0.15, 0.2) is 30.3 Å². The summed E-state index contributed by atoms with van der Waals surface area (Å²) >= 11 is 0. The van der Waals surface area contributed by atoms with E-state index in [0.717, 1.165) is 19.3 Å². The summed E-state index contributed by atoms with van der Waals surface area (Å²) in [5.41, 5.74) is 6.14. The van der Waals surface area contributed by atoms with Gasteiger partial charge in [-0.3, -0.25) is 4.79 Å². The summed E-state index contributed by atoms with van der Waals surface area (Å²) in [7, 11) is 0. The molecule has 1 heterocycles. The molecular weight excluding hydrogens is 356 g/mol. The SMILES string of the molecule is CC(NC(=O)Nc1ccccc1)C(=O)N1CCC(OCCCN)CC1.Cl. The quantitative estimate of drug-likeness (QED) is 0.626. The largest absolute Gasteiger partial charge is 0.378 e. The summed E-state index contributed by atoms with van der Waals surface area (Å²) in [6, 6.07) is 8.18. The van der Waals surface area contributed by atoms with Crippen LogP contribution in [0.25, 0.3) is 0 Å². The van der Waals surface area contributed by atoms with Crippen LogP contribution in [0.4, 0.5) is 10.5 Å². The molecule has 0 radical (unpaired) electrons. The minimum Gasteiger partial charge on any atom is -0.378 e. The van der Waals surface area contributed by atoms with Crippen molar-refractivity contribution in [2.24, 2.45) is 5.73 Å². The van der Waals surface area contributed by atoms with Crippen LogP contribution in [0, 0.1) is 0 Å². The van der Waals surface area contributed by atoms with E-state index in [0.29, 0.717) is 31.9 Å². The number of rotatable bonds is 7. The number of carbonyl (C=O) groups excluding carboxylic acids is 2. The van der Waals surface area contributed by atoms with E-state index in [1.807, 2.05) is 18.2 Å². The number of hydrogen-bond donors (Lipinski definition) is 3. The van der Waals surface area contributed by atoms with Crippen molar-refractivity contribution < 1.29 is 14.3 Å². The number of urea groups is 1. The van der Waals surface area contributed by atoms with Gasteiger partial charge in [-0.05, 0) is 44.9 Å². The van der Waals surface area contributed by atoms with Gasteiger partial charge in [-0.15, -0.1) is 12.4 Å². The molecule has 1 atom stereocenters. The van der Waals surface area contributed by atoms with Crippen LogP contribution in [0.5, 0.6) is 0 Å². The van der Waals surface area contributed by atoms with Crippen LogP contribution >= 0.6 is 12.4 Å². The van der Waals surface area contributed by atoms with E-state index in [2.05, 4.69) is 10.6 Å². The summed E-state index contributed by atoms with van der Waals surface area (Å²) in [6.45, 7) is 4.31. The highest BCUT2D eigenvalue weighted by atomic mass is 35.5. The number of nitrogens with two attached hydrogens (primary N) is 1. The maximum absolute atomic E-state index is 12.5. The molecule has 0 saturated carbocycles. The second-order valence-electron chi connectivity index (χ2n) is 6.22. The number of nitrogens with zero attached hydrogens (tertiary/aromatic N) is 1. The molecule has 3 amide bonds. The van der Waals surface area contributed by atoms with Crippen molar-refractivity contribution in [2.75, 3.05) is 31.6 Å². The smallest absolute Gasteiger partial charge is 0.319 e. The second kappa shape index (κ2) is 11.7. The first kappa shape index (κ1) is 22.2. The molecule has 1 aromatic rings. The lowest BCUT2D eigenvalue weighted by atomic mass is 10.1. The number of para-hydroxylation sites is 1. The standard InChI is InChI=1S/C18H28N4O3.ClH/c1-14(20-18(24)21-15-6-3-2-4-7-15)17(23)22-11-8-16(9-12-22)25-13-5-10-19;/h2-4,6-7,14,16H,5,8-13,19H2,1H3,(H2,20,21,24);1H. The molecule has 146 valence electrons. The van der Waals surface area contributed by atoms with Crippen LogP contribution in [0.2, 0.25) is 0 Å². The predicted molar refractivity (Wildman–Crippen MR) is 105 cm³/mol. The molecule has 0 aromatic heterocycles. The lowest BCUT2D eigenvalue weighted by molar-refractivity contribution is -0.135. The molecule has 8 heteroatoms. The molecule has 1 aromatic carbocycles. The van der Waals surface area contributed by atoms with Crippen molar-refractivity contribution in [1.29, 1.82) is 0 Å². The van der Waals surface area contributed by atoms with Crippen LogP contribution in [0.1, 0.15) is 26.2 Å². The van der Waals surface area contributed by atoms with E-state index >= 15 is 0 Å². The maximum Gasteiger partial charge on any atom is 0.319 e. The first-order valence-corrected chi connectivity index (χ1v) is 8.83. The van der Waals surface area contributed by atoms with Gasteiger partial charge >= 0.3 is 6.03 Å². The van der Waals surface area contributed by atoms with Crippen molar-refractivity contribution in [3.05, 3.63) is 30.3 Å². The number of nitrogens with one attached hydrogen (secondary N) is 2. The van der Waals surface area contributed by atoms with E-state index in [1.54, 1.807) is 24.0 Å². The maximum atomic E-state index is 12.5. The summed E-state index contributed by atoms with van der Waals surface area (Å²) in [5.74, 6) is -0.0661. The fraction of sp³-hybridized carbons (Fsp3) is 0.556. The van der Waals surface area contributed by atoms with Gasteiger partial charge in [0.15, 0.2) is 0 Å². The number of ether oxygens (including phenoxy) is 1. The topological polar surface area (TPSA) is 96.7 Å². The zero-order valence-corrected chi connectivity index (χ0v) is 16.0. The van der Waals surface area contributed by atoms with E-state index in [9.17, 15) is 9.59 Å². The van der Waals surface area contributed by atoms with Gasteiger partial charge in [-0.1, -0.05) is 18.2 Å². The third-order valence-corrected chi connectivity index (χ3v) is 4.21. The van der Waals surface area contributed by atoms with Gasteiger partial charge in [-0.2, -0.15) is 0 Å². The third kappa shape index (κ3) is 7.19. The Balaban J connectivity index is 0.00000338. The molecular formula is C18H29ClN4O3. The Morgan fingerprint density at radius 1 is 1.27 bits per heavy atom. The van der Waals surface area contributed by atoms with E-state index in [4.69, 9.17) is 10.5 Å². The number of halogens is 1.